The molecule has 92 valence electrons. The summed E-state index contributed by atoms with van der Waals surface area (Å²) in [5.74, 6) is 0.764. The Morgan fingerprint density at radius 2 is 1.65 bits per heavy atom. The molecule has 0 saturated heterocycles. The van der Waals surface area contributed by atoms with Crippen molar-refractivity contribution in [1.29, 1.82) is 0 Å². The van der Waals surface area contributed by atoms with Crippen molar-refractivity contribution in [2.24, 2.45) is 0 Å². The van der Waals surface area contributed by atoms with E-state index in [9.17, 15) is 0 Å². The van der Waals surface area contributed by atoms with Crippen LogP contribution in [-0.4, -0.2) is 9.97 Å². The van der Waals surface area contributed by atoms with E-state index in [1.807, 2.05) is 6.07 Å². The van der Waals surface area contributed by atoms with E-state index in [1.165, 1.54) is 0 Å². The average molecular weight is 232 g/mol. The second-order valence-electron chi connectivity index (χ2n) is 6.56. The van der Waals surface area contributed by atoms with Gasteiger partial charge in [0.25, 0.3) is 0 Å². The van der Waals surface area contributed by atoms with Gasteiger partial charge in [0.2, 0.25) is 5.89 Å². The smallest absolute Gasteiger partial charge is 0.200 e. The van der Waals surface area contributed by atoms with E-state index in [0.717, 1.165) is 22.7 Å². The molecule has 0 fully saturated rings. The van der Waals surface area contributed by atoms with Gasteiger partial charge >= 0.3 is 0 Å². The van der Waals surface area contributed by atoms with Gasteiger partial charge in [-0.2, -0.15) is 0 Å². The Kier molecular flexibility index (Phi) is 2.53. The molecule has 0 aromatic carbocycles. The van der Waals surface area contributed by atoms with E-state index >= 15 is 0 Å². The highest BCUT2D eigenvalue weighted by Gasteiger charge is 2.22. The molecule has 0 spiro atoms. The molecule has 2 heterocycles. The zero-order valence-corrected chi connectivity index (χ0v) is 11.5. The standard InChI is InChI=1S/C14H20N2O/c1-13(2,3)11-7-10-9(8-15-11)16-12(17-10)14(4,5)6/h7-8H,1-6H3. The first-order chi connectivity index (χ1) is 7.68. The summed E-state index contributed by atoms with van der Waals surface area (Å²) < 4.78 is 5.82. The summed E-state index contributed by atoms with van der Waals surface area (Å²) in [6.07, 6.45) is 1.80. The quantitative estimate of drug-likeness (QED) is 0.693. The first kappa shape index (κ1) is 12.1. The van der Waals surface area contributed by atoms with Gasteiger partial charge < -0.3 is 4.42 Å². The average Bonchev–Trinajstić information content (AvgIpc) is 2.57. The first-order valence-electron chi connectivity index (χ1n) is 5.95. The number of hydrogen-bond donors (Lipinski definition) is 0. The Labute approximate surface area is 102 Å². The minimum atomic E-state index is -0.0685. The van der Waals surface area contributed by atoms with E-state index < -0.39 is 0 Å². The van der Waals surface area contributed by atoms with Crippen LogP contribution in [0.15, 0.2) is 16.7 Å². The fraction of sp³-hybridized carbons (Fsp3) is 0.571. The number of rotatable bonds is 0. The van der Waals surface area contributed by atoms with Crippen LogP contribution < -0.4 is 0 Å². The van der Waals surface area contributed by atoms with Gasteiger partial charge in [0.15, 0.2) is 5.58 Å². The van der Waals surface area contributed by atoms with Crippen LogP contribution >= 0.6 is 0 Å². The third-order valence-electron chi connectivity index (χ3n) is 2.68. The van der Waals surface area contributed by atoms with Crippen LogP contribution in [0.25, 0.3) is 11.1 Å². The molecular weight excluding hydrogens is 212 g/mol. The van der Waals surface area contributed by atoms with Crippen molar-refractivity contribution in [2.75, 3.05) is 0 Å². The SMILES string of the molecule is CC(C)(C)c1cc2oc(C(C)(C)C)nc2cn1. The van der Waals surface area contributed by atoms with Crippen molar-refractivity contribution >= 4 is 11.1 Å². The van der Waals surface area contributed by atoms with E-state index in [2.05, 4.69) is 51.5 Å². The Balaban J connectivity index is 2.56. The fourth-order valence-corrected chi connectivity index (χ4v) is 1.56. The minimum absolute atomic E-state index is 0.0306. The van der Waals surface area contributed by atoms with Crippen LogP contribution in [0, 0.1) is 0 Å². The summed E-state index contributed by atoms with van der Waals surface area (Å²) in [4.78, 5) is 8.93. The molecule has 0 bridgehead atoms. The molecule has 0 radical (unpaired) electrons. The molecular formula is C14H20N2O. The molecule has 0 aliphatic heterocycles. The molecule has 0 aliphatic rings. The normalized spacial score (nSPS) is 13.3. The van der Waals surface area contributed by atoms with Gasteiger partial charge in [-0.3, -0.25) is 4.98 Å². The molecule has 3 nitrogen and oxygen atoms in total. The van der Waals surface area contributed by atoms with Crippen molar-refractivity contribution in [3.8, 4) is 0 Å². The predicted octanol–water partition coefficient (Wildman–Crippen LogP) is 3.82. The predicted molar refractivity (Wildman–Crippen MR) is 69.2 cm³/mol. The van der Waals surface area contributed by atoms with E-state index in [4.69, 9.17) is 4.42 Å². The van der Waals surface area contributed by atoms with Crippen molar-refractivity contribution in [1.82, 2.24) is 9.97 Å². The second-order valence-corrected chi connectivity index (χ2v) is 6.56. The number of pyridine rings is 1. The summed E-state index contributed by atoms with van der Waals surface area (Å²) in [7, 11) is 0. The maximum Gasteiger partial charge on any atom is 0.200 e. The van der Waals surface area contributed by atoms with Crippen LogP contribution in [0.5, 0.6) is 0 Å². The van der Waals surface area contributed by atoms with Crippen molar-refractivity contribution in [2.45, 2.75) is 52.4 Å². The van der Waals surface area contributed by atoms with Crippen LogP contribution in [-0.2, 0) is 10.8 Å². The molecule has 0 atom stereocenters. The Morgan fingerprint density at radius 1 is 1.00 bits per heavy atom. The highest BCUT2D eigenvalue weighted by atomic mass is 16.3. The number of oxazole rings is 1. The lowest BCUT2D eigenvalue weighted by Crippen LogP contribution is -2.12. The van der Waals surface area contributed by atoms with Crippen molar-refractivity contribution in [3.63, 3.8) is 0 Å². The van der Waals surface area contributed by atoms with Gasteiger partial charge in [0, 0.05) is 22.6 Å². The number of fused-ring (bicyclic) bond motifs is 1. The van der Waals surface area contributed by atoms with Crippen LogP contribution in [0.3, 0.4) is 0 Å². The van der Waals surface area contributed by atoms with Gasteiger partial charge in [0.1, 0.15) is 5.52 Å². The molecule has 0 saturated carbocycles. The van der Waals surface area contributed by atoms with Crippen molar-refractivity contribution in [3.05, 3.63) is 23.8 Å². The molecule has 2 aromatic rings. The van der Waals surface area contributed by atoms with Gasteiger partial charge in [-0.25, -0.2) is 4.98 Å². The zero-order chi connectivity index (χ0) is 12.8. The minimum Gasteiger partial charge on any atom is -0.440 e. The highest BCUT2D eigenvalue weighted by Crippen LogP contribution is 2.28. The Bertz CT molecular complexity index is 529. The number of hydrogen-bond acceptors (Lipinski definition) is 3. The molecule has 3 heteroatoms. The van der Waals surface area contributed by atoms with Crippen molar-refractivity contribution < 1.29 is 4.42 Å². The van der Waals surface area contributed by atoms with E-state index in [1.54, 1.807) is 6.20 Å². The van der Waals surface area contributed by atoms with Gasteiger partial charge in [-0.05, 0) is 0 Å². The van der Waals surface area contributed by atoms with Gasteiger partial charge in [-0.15, -0.1) is 0 Å². The molecule has 0 N–H and O–H groups in total. The lowest BCUT2D eigenvalue weighted by molar-refractivity contribution is 0.410. The molecule has 0 amide bonds. The lowest BCUT2D eigenvalue weighted by Gasteiger charge is -2.16. The van der Waals surface area contributed by atoms with E-state index in [-0.39, 0.29) is 10.8 Å². The number of aromatic nitrogens is 2. The lowest BCUT2D eigenvalue weighted by atomic mass is 9.92. The van der Waals surface area contributed by atoms with Gasteiger partial charge in [-0.1, -0.05) is 41.5 Å². The summed E-state index contributed by atoms with van der Waals surface area (Å²) >= 11 is 0. The highest BCUT2D eigenvalue weighted by molar-refractivity contribution is 5.72. The second kappa shape index (κ2) is 3.56. The fourth-order valence-electron chi connectivity index (χ4n) is 1.56. The van der Waals surface area contributed by atoms with Crippen LogP contribution in [0.1, 0.15) is 53.1 Å². The van der Waals surface area contributed by atoms with Crippen LogP contribution in [0.2, 0.25) is 0 Å². The largest absolute Gasteiger partial charge is 0.440 e. The molecule has 2 aromatic heterocycles. The molecule has 17 heavy (non-hydrogen) atoms. The molecule has 2 rings (SSSR count). The van der Waals surface area contributed by atoms with Crippen LogP contribution in [0.4, 0.5) is 0 Å². The maximum atomic E-state index is 5.82. The summed E-state index contributed by atoms with van der Waals surface area (Å²) in [5, 5.41) is 0. The zero-order valence-electron chi connectivity index (χ0n) is 11.5. The summed E-state index contributed by atoms with van der Waals surface area (Å²) in [6, 6.07) is 2.00. The Morgan fingerprint density at radius 3 is 2.18 bits per heavy atom. The number of nitrogens with zero attached hydrogens (tertiary/aromatic N) is 2. The molecule has 0 unspecified atom stereocenters. The topological polar surface area (TPSA) is 38.9 Å². The van der Waals surface area contributed by atoms with E-state index in [0.29, 0.717) is 0 Å². The third kappa shape index (κ3) is 2.33. The molecule has 0 aliphatic carbocycles. The Hall–Kier alpha value is -1.38. The van der Waals surface area contributed by atoms with Gasteiger partial charge in [0.05, 0.1) is 6.20 Å². The summed E-state index contributed by atoms with van der Waals surface area (Å²) in [6.45, 7) is 12.7. The monoisotopic (exact) mass is 232 g/mol. The first-order valence-corrected chi connectivity index (χ1v) is 5.95. The maximum absolute atomic E-state index is 5.82. The summed E-state index contributed by atoms with van der Waals surface area (Å²) in [5.41, 5.74) is 2.66. The third-order valence-corrected chi connectivity index (χ3v) is 2.68.